The summed E-state index contributed by atoms with van der Waals surface area (Å²) in [5.74, 6) is 0.445. The van der Waals surface area contributed by atoms with Gasteiger partial charge in [0, 0.05) is 30.0 Å². The number of hydrogen-bond acceptors (Lipinski definition) is 5. The van der Waals surface area contributed by atoms with Crippen molar-refractivity contribution in [1.29, 1.82) is 0 Å². The van der Waals surface area contributed by atoms with Crippen molar-refractivity contribution in [1.82, 2.24) is 4.98 Å². The largest absolute Gasteiger partial charge is 0.481 e. The van der Waals surface area contributed by atoms with Crippen LogP contribution in [0, 0.1) is 0 Å². The molecule has 1 heterocycles. The van der Waals surface area contributed by atoms with Gasteiger partial charge in [0.2, 0.25) is 5.88 Å². The van der Waals surface area contributed by atoms with E-state index < -0.39 is 15.3 Å². The average molecular weight is 430 g/mol. The van der Waals surface area contributed by atoms with Crippen LogP contribution in [0.1, 0.15) is 23.1 Å². The van der Waals surface area contributed by atoms with Crippen LogP contribution in [0.4, 0.5) is 0 Å². The van der Waals surface area contributed by atoms with Crippen molar-refractivity contribution in [3.63, 3.8) is 0 Å². The predicted octanol–water partition coefficient (Wildman–Crippen LogP) is 4.07. The molecule has 29 heavy (non-hydrogen) atoms. The Bertz CT molecular complexity index is 1110. The number of carbonyl (C=O) groups excluding carboxylic acids is 1. The molecule has 0 aliphatic heterocycles. The van der Waals surface area contributed by atoms with Crippen LogP contribution in [0.25, 0.3) is 0 Å². The topological polar surface area (TPSA) is 73.3 Å². The van der Waals surface area contributed by atoms with E-state index in [-0.39, 0.29) is 11.3 Å². The quantitative estimate of drug-likeness (QED) is 0.529. The lowest BCUT2D eigenvalue weighted by Gasteiger charge is -2.35. The maximum absolute atomic E-state index is 11.9. The second kappa shape index (κ2) is 8.35. The number of aldehydes is 1. The summed E-state index contributed by atoms with van der Waals surface area (Å²) >= 11 is 6.55. The number of methoxy groups -OCH3 is 1. The molecule has 0 N–H and O–H groups in total. The van der Waals surface area contributed by atoms with Crippen LogP contribution in [-0.4, -0.2) is 33.1 Å². The molecule has 0 radical (unpaired) electrons. The van der Waals surface area contributed by atoms with Gasteiger partial charge < -0.3 is 9.53 Å². The molecule has 2 aromatic carbocycles. The first-order chi connectivity index (χ1) is 13.8. The Morgan fingerprint density at radius 2 is 1.69 bits per heavy atom. The van der Waals surface area contributed by atoms with E-state index in [2.05, 4.69) is 4.98 Å². The Balaban J connectivity index is 2.32. The number of sulfone groups is 1. The van der Waals surface area contributed by atoms with E-state index in [4.69, 9.17) is 16.3 Å². The Morgan fingerprint density at radius 1 is 1.03 bits per heavy atom. The SMILES string of the molecule is COc1ccc(C(CC=O)(c2ccc(S(C)(=O)=O)cc2)c2ccccc2Cl)cn1. The fourth-order valence-corrected chi connectivity index (χ4v) is 4.42. The fraction of sp³-hybridized carbons (Fsp3) is 0.182. The Labute approximate surface area is 175 Å². The number of pyridine rings is 1. The van der Waals surface area contributed by atoms with E-state index in [1.165, 1.54) is 19.2 Å². The minimum Gasteiger partial charge on any atom is -0.481 e. The summed E-state index contributed by atoms with van der Waals surface area (Å²) in [5.41, 5.74) is 1.27. The summed E-state index contributed by atoms with van der Waals surface area (Å²) in [4.78, 5) is 16.3. The molecule has 150 valence electrons. The summed E-state index contributed by atoms with van der Waals surface area (Å²) in [6, 6.07) is 17.4. The van der Waals surface area contributed by atoms with Crippen LogP contribution in [-0.2, 0) is 20.0 Å². The van der Waals surface area contributed by atoms with Crippen LogP contribution in [0.5, 0.6) is 5.88 Å². The second-order valence-electron chi connectivity index (χ2n) is 6.64. The van der Waals surface area contributed by atoms with Gasteiger partial charge in [0.25, 0.3) is 0 Å². The lowest BCUT2D eigenvalue weighted by molar-refractivity contribution is -0.108. The Hall–Kier alpha value is -2.70. The monoisotopic (exact) mass is 429 g/mol. The van der Waals surface area contributed by atoms with Crippen molar-refractivity contribution in [2.24, 2.45) is 0 Å². The molecule has 0 amide bonds. The van der Waals surface area contributed by atoms with Crippen molar-refractivity contribution < 1.29 is 17.9 Å². The van der Waals surface area contributed by atoms with Crippen LogP contribution in [0.2, 0.25) is 5.02 Å². The maximum atomic E-state index is 11.9. The lowest BCUT2D eigenvalue weighted by atomic mass is 9.68. The standard InChI is InChI=1S/C22H20ClNO4S/c1-28-21-12-9-17(15-24-21)22(13-14-25,19-5-3-4-6-20(19)23)16-7-10-18(11-8-16)29(2,26)27/h3-12,14-15H,13H2,1-2H3. The second-order valence-corrected chi connectivity index (χ2v) is 9.06. The maximum Gasteiger partial charge on any atom is 0.212 e. The molecule has 5 nitrogen and oxygen atoms in total. The molecule has 0 aliphatic rings. The highest BCUT2D eigenvalue weighted by Crippen LogP contribution is 2.44. The molecule has 1 aromatic heterocycles. The highest BCUT2D eigenvalue weighted by Gasteiger charge is 2.38. The minimum atomic E-state index is -3.35. The third-order valence-electron chi connectivity index (χ3n) is 4.94. The number of halogens is 1. The summed E-state index contributed by atoms with van der Waals surface area (Å²) in [5, 5.41) is 0.498. The first-order valence-electron chi connectivity index (χ1n) is 8.82. The molecule has 3 aromatic rings. The summed E-state index contributed by atoms with van der Waals surface area (Å²) in [6.07, 6.45) is 3.74. The van der Waals surface area contributed by atoms with Crippen molar-refractivity contribution in [2.45, 2.75) is 16.7 Å². The van der Waals surface area contributed by atoms with Crippen LogP contribution < -0.4 is 4.74 Å². The van der Waals surface area contributed by atoms with E-state index in [9.17, 15) is 13.2 Å². The highest BCUT2D eigenvalue weighted by atomic mass is 35.5. The molecule has 7 heteroatoms. The number of aromatic nitrogens is 1. The first kappa shape index (κ1) is 21.0. The van der Waals surface area contributed by atoms with Gasteiger partial charge in [-0.05, 0) is 34.9 Å². The molecular formula is C22H20ClNO4S. The van der Waals surface area contributed by atoms with Crippen molar-refractivity contribution in [3.05, 3.63) is 88.6 Å². The van der Waals surface area contributed by atoms with E-state index in [0.717, 1.165) is 29.2 Å². The highest BCUT2D eigenvalue weighted by molar-refractivity contribution is 7.90. The van der Waals surface area contributed by atoms with E-state index in [1.54, 1.807) is 30.5 Å². The van der Waals surface area contributed by atoms with Gasteiger partial charge >= 0.3 is 0 Å². The van der Waals surface area contributed by atoms with Gasteiger partial charge in [0.1, 0.15) is 6.29 Å². The molecule has 1 unspecified atom stereocenters. The van der Waals surface area contributed by atoms with Gasteiger partial charge in [-0.25, -0.2) is 13.4 Å². The normalized spacial score (nSPS) is 13.5. The predicted molar refractivity (Wildman–Crippen MR) is 112 cm³/mol. The van der Waals surface area contributed by atoms with Crippen LogP contribution in [0.15, 0.2) is 71.8 Å². The molecule has 0 bridgehead atoms. The molecule has 0 fully saturated rings. The lowest BCUT2D eigenvalue weighted by Crippen LogP contribution is -2.30. The summed E-state index contributed by atoms with van der Waals surface area (Å²) in [7, 11) is -1.82. The minimum absolute atomic E-state index is 0.100. The van der Waals surface area contributed by atoms with Gasteiger partial charge in [-0.1, -0.05) is 48.0 Å². The fourth-order valence-electron chi connectivity index (χ4n) is 3.50. The van der Waals surface area contributed by atoms with E-state index in [1.807, 2.05) is 24.3 Å². The third kappa shape index (κ3) is 4.04. The number of carbonyl (C=O) groups is 1. The third-order valence-corrected chi connectivity index (χ3v) is 6.39. The molecule has 0 aliphatic carbocycles. The summed E-state index contributed by atoms with van der Waals surface area (Å²) in [6.45, 7) is 0. The first-order valence-corrected chi connectivity index (χ1v) is 11.1. The Kier molecular flexibility index (Phi) is 6.05. The zero-order valence-electron chi connectivity index (χ0n) is 16.0. The van der Waals surface area contributed by atoms with Gasteiger partial charge in [-0.2, -0.15) is 0 Å². The van der Waals surface area contributed by atoms with Crippen molar-refractivity contribution in [2.75, 3.05) is 13.4 Å². The number of rotatable bonds is 7. The number of ether oxygens (including phenoxy) is 1. The average Bonchev–Trinajstić information content (AvgIpc) is 2.72. The van der Waals surface area contributed by atoms with E-state index >= 15 is 0 Å². The number of hydrogen-bond donors (Lipinski definition) is 0. The van der Waals surface area contributed by atoms with Crippen LogP contribution >= 0.6 is 11.6 Å². The Morgan fingerprint density at radius 3 is 2.21 bits per heavy atom. The summed E-state index contributed by atoms with van der Waals surface area (Å²) < 4.78 is 28.9. The molecule has 0 saturated carbocycles. The van der Waals surface area contributed by atoms with Gasteiger partial charge in [0.15, 0.2) is 9.84 Å². The van der Waals surface area contributed by atoms with Gasteiger partial charge in [0.05, 0.1) is 17.4 Å². The zero-order valence-corrected chi connectivity index (χ0v) is 17.6. The molecule has 0 saturated heterocycles. The van der Waals surface area contributed by atoms with Crippen molar-refractivity contribution >= 4 is 27.7 Å². The zero-order chi connectivity index (χ0) is 21.1. The van der Waals surface area contributed by atoms with Crippen LogP contribution in [0.3, 0.4) is 0 Å². The van der Waals surface area contributed by atoms with E-state index in [0.29, 0.717) is 10.9 Å². The molecule has 0 spiro atoms. The number of benzene rings is 2. The molecule has 1 atom stereocenters. The number of nitrogens with zero attached hydrogens (tertiary/aromatic N) is 1. The molecule has 3 rings (SSSR count). The van der Waals surface area contributed by atoms with Gasteiger partial charge in [-0.3, -0.25) is 0 Å². The molecular weight excluding hydrogens is 410 g/mol. The smallest absolute Gasteiger partial charge is 0.212 e. The van der Waals surface area contributed by atoms with Gasteiger partial charge in [-0.15, -0.1) is 0 Å². The van der Waals surface area contributed by atoms with Crippen molar-refractivity contribution in [3.8, 4) is 5.88 Å².